The standard InChI is InChI=1S/C17H22N2O/c1-3-14-10-15(12-19(14)4-2)20-17-7-5-6-13-11-18-9-8-16(13)17/h5-9,11,14-15H,3-4,10,12H2,1-2H3. The van der Waals surface area contributed by atoms with Gasteiger partial charge in [0, 0.05) is 42.2 Å². The Kier molecular flexibility index (Phi) is 3.88. The molecule has 1 aliphatic rings. The predicted molar refractivity (Wildman–Crippen MR) is 82.1 cm³/mol. The van der Waals surface area contributed by atoms with E-state index in [9.17, 15) is 0 Å². The molecule has 20 heavy (non-hydrogen) atoms. The van der Waals surface area contributed by atoms with Gasteiger partial charge in [-0.25, -0.2) is 0 Å². The summed E-state index contributed by atoms with van der Waals surface area (Å²) in [5.74, 6) is 0.989. The van der Waals surface area contributed by atoms with Gasteiger partial charge in [0.25, 0.3) is 0 Å². The normalized spacial score (nSPS) is 23.3. The number of hydrogen-bond donors (Lipinski definition) is 0. The van der Waals surface area contributed by atoms with Crippen LogP contribution in [0.1, 0.15) is 26.7 Å². The fourth-order valence-corrected chi connectivity index (χ4v) is 3.21. The fraction of sp³-hybridized carbons (Fsp3) is 0.471. The quantitative estimate of drug-likeness (QED) is 0.850. The van der Waals surface area contributed by atoms with Crippen molar-refractivity contribution in [1.29, 1.82) is 0 Å². The maximum Gasteiger partial charge on any atom is 0.127 e. The van der Waals surface area contributed by atoms with Crippen molar-refractivity contribution in [3.05, 3.63) is 36.7 Å². The SMILES string of the molecule is CCC1CC(Oc2cccc3cnccc23)CN1CC. The van der Waals surface area contributed by atoms with E-state index in [1.807, 2.05) is 24.5 Å². The molecule has 2 atom stereocenters. The molecule has 1 aromatic heterocycles. The lowest BCUT2D eigenvalue weighted by Gasteiger charge is -2.20. The summed E-state index contributed by atoms with van der Waals surface area (Å²) in [7, 11) is 0. The minimum atomic E-state index is 0.304. The summed E-state index contributed by atoms with van der Waals surface area (Å²) in [6.07, 6.45) is 6.36. The Morgan fingerprint density at radius 1 is 1.30 bits per heavy atom. The second-order valence-electron chi connectivity index (χ2n) is 5.48. The van der Waals surface area contributed by atoms with Crippen LogP contribution in [0.2, 0.25) is 0 Å². The highest BCUT2D eigenvalue weighted by Gasteiger charge is 2.31. The number of nitrogens with zero attached hydrogens (tertiary/aromatic N) is 2. The number of hydrogen-bond acceptors (Lipinski definition) is 3. The Balaban J connectivity index is 1.80. The van der Waals surface area contributed by atoms with Crippen LogP contribution >= 0.6 is 0 Å². The van der Waals surface area contributed by atoms with Crippen molar-refractivity contribution >= 4 is 10.8 Å². The maximum absolute atomic E-state index is 6.28. The summed E-state index contributed by atoms with van der Waals surface area (Å²) in [6.45, 7) is 6.64. The molecule has 106 valence electrons. The zero-order chi connectivity index (χ0) is 13.9. The average Bonchev–Trinajstić information content (AvgIpc) is 2.90. The number of benzene rings is 1. The van der Waals surface area contributed by atoms with Gasteiger partial charge in [0.05, 0.1) is 0 Å². The zero-order valence-corrected chi connectivity index (χ0v) is 12.2. The van der Waals surface area contributed by atoms with E-state index in [1.165, 1.54) is 6.42 Å². The molecule has 2 unspecified atom stereocenters. The lowest BCUT2D eigenvalue weighted by molar-refractivity contribution is 0.202. The summed E-state index contributed by atoms with van der Waals surface area (Å²) in [5, 5.41) is 2.30. The fourth-order valence-electron chi connectivity index (χ4n) is 3.21. The van der Waals surface area contributed by atoms with Crippen LogP contribution in [0.25, 0.3) is 10.8 Å². The van der Waals surface area contributed by atoms with Gasteiger partial charge in [-0.15, -0.1) is 0 Å². The summed E-state index contributed by atoms with van der Waals surface area (Å²) in [6, 6.07) is 8.90. The molecule has 0 aliphatic carbocycles. The third-order valence-corrected chi connectivity index (χ3v) is 4.30. The molecular formula is C17H22N2O. The number of likely N-dealkylation sites (tertiary alicyclic amines) is 1. The van der Waals surface area contributed by atoms with Gasteiger partial charge in [-0.3, -0.25) is 9.88 Å². The maximum atomic E-state index is 6.28. The highest BCUT2D eigenvalue weighted by molar-refractivity contribution is 5.87. The van der Waals surface area contributed by atoms with Crippen molar-refractivity contribution in [2.75, 3.05) is 13.1 Å². The zero-order valence-electron chi connectivity index (χ0n) is 12.2. The Bertz CT molecular complexity index is 567. The van der Waals surface area contributed by atoms with E-state index < -0.39 is 0 Å². The monoisotopic (exact) mass is 270 g/mol. The first-order valence-corrected chi connectivity index (χ1v) is 7.55. The van der Waals surface area contributed by atoms with Gasteiger partial charge in [0.2, 0.25) is 0 Å². The van der Waals surface area contributed by atoms with Crippen LogP contribution in [0.15, 0.2) is 36.7 Å². The molecule has 1 aliphatic heterocycles. The average molecular weight is 270 g/mol. The first-order valence-electron chi connectivity index (χ1n) is 7.55. The number of fused-ring (bicyclic) bond motifs is 1. The van der Waals surface area contributed by atoms with E-state index in [-0.39, 0.29) is 0 Å². The third-order valence-electron chi connectivity index (χ3n) is 4.30. The molecule has 1 fully saturated rings. The lowest BCUT2D eigenvalue weighted by atomic mass is 10.1. The minimum Gasteiger partial charge on any atom is -0.488 e. The van der Waals surface area contributed by atoms with Gasteiger partial charge in [0.1, 0.15) is 11.9 Å². The van der Waals surface area contributed by atoms with Gasteiger partial charge < -0.3 is 4.74 Å². The van der Waals surface area contributed by atoms with Crippen LogP contribution in [-0.4, -0.2) is 35.1 Å². The van der Waals surface area contributed by atoms with Crippen LogP contribution in [0.5, 0.6) is 5.75 Å². The Hall–Kier alpha value is -1.61. The molecule has 3 nitrogen and oxygen atoms in total. The molecule has 0 radical (unpaired) electrons. The highest BCUT2D eigenvalue weighted by atomic mass is 16.5. The number of rotatable bonds is 4. The minimum absolute atomic E-state index is 0.304. The van der Waals surface area contributed by atoms with Crippen molar-refractivity contribution < 1.29 is 4.74 Å². The van der Waals surface area contributed by atoms with Crippen molar-refractivity contribution in [1.82, 2.24) is 9.88 Å². The van der Waals surface area contributed by atoms with E-state index in [0.717, 1.165) is 36.0 Å². The molecule has 3 heteroatoms. The highest BCUT2D eigenvalue weighted by Crippen LogP contribution is 2.29. The van der Waals surface area contributed by atoms with Gasteiger partial charge in [0.15, 0.2) is 0 Å². The van der Waals surface area contributed by atoms with E-state index in [2.05, 4.69) is 35.9 Å². The van der Waals surface area contributed by atoms with Gasteiger partial charge >= 0.3 is 0 Å². The van der Waals surface area contributed by atoms with E-state index in [0.29, 0.717) is 12.1 Å². The van der Waals surface area contributed by atoms with E-state index >= 15 is 0 Å². The van der Waals surface area contributed by atoms with Gasteiger partial charge in [-0.05, 0) is 25.1 Å². The molecule has 0 amide bonds. The summed E-state index contributed by atoms with van der Waals surface area (Å²) < 4.78 is 6.28. The second-order valence-corrected chi connectivity index (χ2v) is 5.48. The van der Waals surface area contributed by atoms with Gasteiger partial charge in [-0.1, -0.05) is 26.0 Å². The first-order chi connectivity index (χ1) is 9.81. The third kappa shape index (κ3) is 2.50. The summed E-state index contributed by atoms with van der Waals surface area (Å²) >= 11 is 0. The molecule has 1 aromatic carbocycles. The van der Waals surface area contributed by atoms with Crippen LogP contribution in [-0.2, 0) is 0 Å². The molecule has 0 spiro atoms. The molecule has 0 saturated carbocycles. The number of pyridine rings is 1. The molecule has 0 bridgehead atoms. The molecule has 0 N–H and O–H groups in total. The first kappa shape index (κ1) is 13.4. The van der Waals surface area contributed by atoms with Crippen LogP contribution < -0.4 is 4.74 Å². The molecular weight excluding hydrogens is 248 g/mol. The molecule has 2 aromatic rings. The van der Waals surface area contributed by atoms with Crippen molar-refractivity contribution in [3.63, 3.8) is 0 Å². The van der Waals surface area contributed by atoms with E-state index in [4.69, 9.17) is 4.74 Å². The Labute approximate surface area is 120 Å². The molecule has 1 saturated heterocycles. The molecule has 3 rings (SSSR count). The van der Waals surface area contributed by atoms with Crippen molar-refractivity contribution in [2.24, 2.45) is 0 Å². The Morgan fingerprint density at radius 3 is 2.95 bits per heavy atom. The molecule has 2 heterocycles. The Morgan fingerprint density at radius 2 is 2.20 bits per heavy atom. The number of ether oxygens (including phenoxy) is 1. The van der Waals surface area contributed by atoms with Crippen LogP contribution in [0.4, 0.5) is 0 Å². The lowest BCUT2D eigenvalue weighted by Crippen LogP contribution is -2.29. The van der Waals surface area contributed by atoms with Crippen LogP contribution in [0.3, 0.4) is 0 Å². The van der Waals surface area contributed by atoms with Gasteiger partial charge in [-0.2, -0.15) is 0 Å². The topological polar surface area (TPSA) is 25.4 Å². The van der Waals surface area contributed by atoms with Crippen molar-refractivity contribution in [2.45, 2.75) is 38.8 Å². The number of likely N-dealkylation sites (N-methyl/N-ethyl adjacent to an activating group) is 1. The largest absolute Gasteiger partial charge is 0.488 e. The van der Waals surface area contributed by atoms with E-state index in [1.54, 1.807) is 0 Å². The number of aromatic nitrogens is 1. The summed E-state index contributed by atoms with van der Waals surface area (Å²) in [5.41, 5.74) is 0. The summed E-state index contributed by atoms with van der Waals surface area (Å²) in [4.78, 5) is 6.70. The van der Waals surface area contributed by atoms with Crippen molar-refractivity contribution in [3.8, 4) is 5.75 Å². The van der Waals surface area contributed by atoms with Crippen LogP contribution in [0, 0.1) is 0 Å². The predicted octanol–water partition coefficient (Wildman–Crippen LogP) is 3.49. The second kappa shape index (κ2) is 5.80. The smallest absolute Gasteiger partial charge is 0.127 e.